The van der Waals surface area contributed by atoms with Gasteiger partial charge in [-0.05, 0) is 30.5 Å². The third-order valence-corrected chi connectivity index (χ3v) is 2.52. The topological polar surface area (TPSA) is 44.5 Å². The van der Waals surface area contributed by atoms with Crippen LogP contribution in [0, 0.1) is 0 Å². The van der Waals surface area contributed by atoms with Gasteiger partial charge in [0, 0.05) is 6.04 Å². The third kappa shape index (κ3) is 4.29. The molecule has 0 saturated carbocycles. The van der Waals surface area contributed by atoms with Crippen LogP contribution in [0.1, 0.15) is 24.4 Å². The van der Waals surface area contributed by atoms with Gasteiger partial charge in [0.15, 0.2) is 11.5 Å². The lowest BCUT2D eigenvalue weighted by Crippen LogP contribution is -2.10. The summed E-state index contributed by atoms with van der Waals surface area (Å²) in [6.45, 7) is 3.69. The highest BCUT2D eigenvalue weighted by Gasteiger charge is 2.09. The molecule has 96 valence electrons. The third-order valence-electron chi connectivity index (χ3n) is 2.52. The Balaban J connectivity index is 0.00000256. The number of hydrogen-bond donors (Lipinski definition) is 1. The molecular weight excluding hydrogens is 238 g/mol. The minimum absolute atomic E-state index is 0. The number of hydrogen-bond acceptors (Lipinski definition) is 3. The maximum atomic E-state index is 6.05. The molecule has 0 fully saturated rings. The van der Waals surface area contributed by atoms with Crippen LogP contribution in [-0.2, 0) is 0 Å². The summed E-state index contributed by atoms with van der Waals surface area (Å²) in [7, 11) is 3.24. The van der Waals surface area contributed by atoms with Crippen molar-refractivity contribution in [3.8, 4) is 11.5 Å². The molecule has 0 aliphatic rings. The molecule has 0 aliphatic heterocycles. The van der Waals surface area contributed by atoms with Crippen LogP contribution in [0.2, 0.25) is 0 Å². The number of benzene rings is 1. The Morgan fingerprint density at radius 1 is 1.29 bits per heavy atom. The van der Waals surface area contributed by atoms with E-state index < -0.39 is 0 Å². The number of allylic oxidation sites excluding steroid dienone is 1. The van der Waals surface area contributed by atoms with Crippen molar-refractivity contribution in [2.24, 2.45) is 5.73 Å². The summed E-state index contributed by atoms with van der Waals surface area (Å²) < 4.78 is 10.4. The van der Waals surface area contributed by atoms with Gasteiger partial charge in [-0.2, -0.15) is 0 Å². The van der Waals surface area contributed by atoms with E-state index in [2.05, 4.69) is 6.58 Å². The molecule has 0 amide bonds. The first-order valence-electron chi connectivity index (χ1n) is 5.31. The molecule has 0 unspecified atom stereocenters. The summed E-state index contributed by atoms with van der Waals surface area (Å²) in [5.74, 6) is 1.44. The molecule has 0 bridgehead atoms. The van der Waals surface area contributed by atoms with Crippen LogP contribution in [0.3, 0.4) is 0 Å². The zero-order valence-corrected chi connectivity index (χ0v) is 11.1. The average Bonchev–Trinajstić information content (AvgIpc) is 2.34. The smallest absolute Gasteiger partial charge is 0.161 e. The molecule has 0 saturated heterocycles. The molecule has 0 aliphatic carbocycles. The van der Waals surface area contributed by atoms with Crippen molar-refractivity contribution in [3.05, 3.63) is 36.4 Å². The van der Waals surface area contributed by atoms with E-state index in [1.807, 2.05) is 24.3 Å². The van der Waals surface area contributed by atoms with Gasteiger partial charge in [0.25, 0.3) is 0 Å². The highest BCUT2D eigenvalue weighted by atomic mass is 35.5. The standard InChI is InChI=1S/C13H19NO2.ClH/c1-4-5-6-11(14)10-7-8-12(15-2)13(9-10)16-3;/h4,7-9,11H,1,5-6,14H2,2-3H3;1H/t11-;/m1./s1. The molecule has 0 heterocycles. The van der Waals surface area contributed by atoms with Crippen LogP contribution >= 0.6 is 12.4 Å². The van der Waals surface area contributed by atoms with Crippen LogP contribution in [0.4, 0.5) is 0 Å². The van der Waals surface area contributed by atoms with Gasteiger partial charge in [-0.1, -0.05) is 12.1 Å². The van der Waals surface area contributed by atoms with Crippen LogP contribution in [0.25, 0.3) is 0 Å². The Labute approximate surface area is 109 Å². The summed E-state index contributed by atoms with van der Waals surface area (Å²) >= 11 is 0. The Morgan fingerprint density at radius 2 is 1.94 bits per heavy atom. The monoisotopic (exact) mass is 257 g/mol. The summed E-state index contributed by atoms with van der Waals surface area (Å²) in [5, 5.41) is 0. The van der Waals surface area contributed by atoms with E-state index in [9.17, 15) is 0 Å². The van der Waals surface area contributed by atoms with Crippen molar-refractivity contribution in [1.82, 2.24) is 0 Å². The Morgan fingerprint density at radius 3 is 2.47 bits per heavy atom. The molecule has 1 atom stereocenters. The second-order valence-electron chi connectivity index (χ2n) is 3.59. The van der Waals surface area contributed by atoms with Crippen LogP contribution < -0.4 is 15.2 Å². The molecule has 1 rings (SSSR count). The zero-order chi connectivity index (χ0) is 12.0. The fourth-order valence-corrected chi connectivity index (χ4v) is 1.55. The van der Waals surface area contributed by atoms with E-state index in [0.29, 0.717) is 5.75 Å². The first-order valence-corrected chi connectivity index (χ1v) is 5.31. The molecule has 1 aromatic carbocycles. The molecule has 2 N–H and O–H groups in total. The van der Waals surface area contributed by atoms with Crippen molar-refractivity contribution in [3.63, 3.8) is 0 Å². The normalized spacial score (nSPS) is 11.2. The fourth-order valence-electron chi connectivity index (χ4n) is 1.55. The molecular formula is C13H20ClNO2. The zero-order valence-electron chi connectivity index (χ0n) is 10.3. The Bertz CT molecular complexity index is 355. The maximum absolute atomic E-state index is 6.05. The largest absolute Gasteiger partial charge is 0.493 e. The lowest BCUT2D eigenvalue weighted by molar-refractivity contribution is 0.354. The Kier molecular flexibility index (Phi) is 7.42. The van der Waals surface area contributed by atoms with Gasteiger partial charge in [-0.3, -0.25) is 0 Å². The predicted molar refractivity (Wildman–Crippen MR) is 73.2 cm³/mol. The van der Waals surface area contributed by atoms with Gasteiger partial charge in [0.1, 0.15) is 0 Å². The second kappa shape index (κ2) is 7.98. The van der Waals surface area contributed by atoms with E-state index in [-0.39, 0.29) is 18.4 Å². The molecule has 0 radical (unpaired) electrons. The highest BCUT2D eigenvalue weighted by molar-refractivity contribution is 5.85. The average molecular weight is 258 g/mol. The van der Waals surface area contributed by atoms with E-state index in [4.69, 9.17) is 15.2 Å². The fraction of sp³-hybridized carbons (Fsp3) is 0.385. The number of halogens is 1. The summed E-state index contributed by atoms with van der Waals surface area (Å²) in [6.07, 6.45) is 3.68. The van der Waals surface area contributed by atoms with Gasteiger partial charge >= 0.3 is 0 Å². The van der Waals surface area contributed by atoms with Gasteiger partial charge in [-0.25, -0.2) is 0 Å². The van der Waals surface area contributed by atoms with Crippen molar-refractivity contribution in [2.75, 3.05) is 14.2 Å². The molecule has 3 nitrogen and oxygen atoms in total. The van der Waals surface area contributed by atoms with E-state index in [1.165, 1.54) is 0 Å². The maximum Gasteiger partial charge on any atom is 0.161 e. The van der Waals surface area contributed by atoms with Crippen LogP contribution in [0.15, 0.2) is 30.9 Å². The number of methoxy groups -OCH3 is 2. The number of nitrogens with two attached hydrogens (primary N) is 1. The van der Waals surface area contributed by atoms with Crippen molar-refractivity contribution >= 4 is 12.4 Å². The van der Waals surface area contributed by atoms with Crippen LogP contribution in [0.5, 0.6) is 11.5 Å². The molecule has 0 aromatic heterocycles. The Hall–Kier alpha value is -1.19. The quantitative estimate of drug-likeness (QED) is 0.797. The van der Waals surface area contributed by atoms with Crippen molar-refractivity contribution < 1.29 is 9.47 Å². The van der Waals surface area contributed by atoms with Gasteiger partial charge in [0.05, 0.1) is 14.2 Å². The van der Waals surface area contributed by atoms with E-state index in [1.54, 1.807) is 14.2 Å². The van der Waals surface area contributed by atoms with Gasteiger partial charge in [0.2, 0.25) is 0 Å². The lowest BCUT2D eigenvalue weighted by atomic mass is 10.0. The number of ether oxygens (including phenoxy) is 2. The lowest BCUT2D eigenvalue weighted by Gasteiger charge is -2.14. The van der Waals surface area contributed by atoms with E-state index in [0.717, 1.165) is 24.2 Å². The minimum Gasteiger partial charge on any atom is -0.493 e. The SMILES string of the molecule is C=CCC[C@@H](N)c1ccc(OC)c(OC)c1.Cl. The van der Waals surface area contributed by atoms with Crippen molar-refractivity contribution in [1.29, 1.82) is 0 Å². The molecule has 17 heavy (non-hydrogen) atoms. The first kappa shape index (κ1) is 15.8. The van der Waals surface area contributed by atoms with Crippen molar-refractivity contribution in [2.45, 2.75) is 18.9 Å². The van der Waals surface area contributed by atoms with Crippen LogP contribution in [-0.4, -0.2) is 14.2 Å². The second-order valence-corrected chi connectivity index (χ2v) is 3.59. The molecule has 0 spiro atoms. The van der Waals surface area contributed by atoms with Gasteiger partial charge < -0.3 is 15.2 Å². The summed E-state index contributed by atoms with van der Waals surface area (Å²) in [4.78, 5) is 0. The number of rotatable bonds is 6. The predicted octanol–water partition coefficient (Wildman–Crippen LogP) is 3.09. The molecule has 4 heteroatoms. The summed E-state index contributed by atoms with van der Waals surface area (Å²) in [5.41, 5.74) is 7.11. The minimum atomic E-state index is 0. The van der Waals surface area contributed by atoms with E-state index >= 15 is 0 Å². The molecule has 1 aromatic rings. The first-order chi connectivity index (χ1) is 7.72. The van der Waals surface area contributed by atoms with Gasteiger partial charge in [-0.15, -0.1) is 19.0 Å². The highest BCUT2D eigenvalue weighted by Crippen LogP contribution is 2.30. The summed E-state index contributed by atoms with van der Waals surface area (Å²) in [6, 6.07) is 5.78.